The smallest absolute Gasteiger partial charge is 0.260 e. The van der Waals surface area contributed by atoms with Crippen molar-refractivity contribution in [3.63, 3.8) is 0 Å². The van der Waals surface area contributed by atoms with Crippen LogP contribution in [-0.4, -0.2) is 10.9 Å². The molecule has 0 N–H and O–H groups in total. The molecule has 1 amide bonds. The monoisotopic (exact) mass is 452 g/mol. The Labute approximate surface area is 197 Å². The zero-order valence-corrected chi connectivity index (χ0v) is 19.4. The topological polar surface area (TPSA) is 46.3 Å². The average molecular weight is 453 g/mol. The molecule has 4 nitrogen and oxygen atoms in total. The highest BCUT2D eigenvalue weighted by Crippen LogP contribution is 2.33. The molecule has 0 radical (unpaired) electrons. The highest BCUT2D eigenvalue weighted by Gasteiger charge is 2.23. The Morgan fingerprint density at radius 2 is 1.70 bits per heavy atom. The number of anilines is 1. The van der Waals surface area contributed by atoms with Crippen molar-refractivity contribution >= 4 is 32.6 Å². The van der Waals surface area contributed by atoms with Gasteiger partial charge in [-0.3, -0.25) is 9.69 Å². The van der Waals surface area contributed by atoms with Gasteiger partial charge in [-0.15, -0.1) is 0 Å². The minimum absolute atomic E-state index is 0.0916. The number of carbonyl (C=O) groups excluding carboxylic acids is 1. The van der Waals surface area contributed by atoms with E-state index in [9.17, 15) is 4.79 Å². The Bertz CT molecular complexity index is 1390. The number of aromatic nitrogens is 1. The van der Waals surface area contributed by atoms with Gasteiger partial charge < -0.3 is 4.42 Å². The van der Waals surface area contributed by atoms with Gasteiger partial charge in [-0.25, -0.2) is 4.98 Å². The van der Waals surface area contributed by atoms with Gasteiger partial charge in [-0.2, -0.15) is 0 Å². The van der Waals surface area contributed by atoms with Crippen LogP contribution in [0.3, 0.4) is 0 Å². The number of hydrogen-bond acceptors (Lipinski definition) is 4. The molecule has 3 aromatic carbocycles. The molecule has 33 heavy (non-hydrogen) atoms. The lowest BCUT2D eigenvalue weighted by molar-refractivity contribution is 0.0983. The maximum atomic E-state index is 13.6. The second kappa shape index (κ2) is 9.04. The van der Waals surface area contributed by atoms with E-state index in [2.05, 4.69) is 38.1 Å². The summed E-state index contributed by atoms with van der Waals surface area (Å²) in [4.78, 5) is 20.2. The van der Waals surface area contributed by atoms with Crippen molar-refractivity contribution in [3.8, 4) is 0 Å². The first kappa shape index (κ1) is 21.2. The van der Waals surface area contributed by atoms with Crippen LogP contribution in [0.25, 0.3) is 10.2 Å². The van der Waals surface area contributed by atoms with E-state index >= 15 is 0 Å². The third-order valence-electron chi connectivity index (χ3n) is 5.64. The number of hydrogen-bond donors (Lipinski definition) is 0. The van der Waals surface area contributed by atoms with E-state index in [0.29, 0.717) is 17.2 Å². The molecule has 0 unspecified atom stereocenters. The van der Waals surface area contributed by atoms with Gasteiger partial charge in [-0.1, -0.05) is 59.9 Å². The van der Waals surface area contributed by atoms with Crippen LogP contribution >= 0.6 is 11.3 Å². The minimum Gasteiger partial charge on any atom is -0.467 e. The Morgan fingerprint density at radius 1 is 0.939 bits per heavy atom. The summed E-state index contributed by atoms with van der Waals surface area (Å²) < 4.78 is 6.64. The molecule has 0 aliphatic heterocycles. The van der Waals surface area contributed by atoms with Crippen molar-refractivity contribution in [2.24, 2.45) is 0 Å². The second-order valence-electron chi connectivity index (χ2n) is 8.25. The molecule has 0 saturated heterocycles. The van der Waals surface area contributed by atoms with E-state index in [0.717, 1.165) is 28.0 Å². The van der Waals surface area contributed by atoms with E-state index in [1.165, 1.54) is 28.0 Å². The number of rotatable bonds is 6. The van der Waals surface area contributed by atoms with Crippen LogP contribution in [0.5, 0.6) is 0 Å². The van der Waals surface area contributed by atoms with Crippen LogP contribution < -0.4 is 4.90 Å². The summed E-state index contributed by atoms with van der Waals surface area (Å²) in [5.41, 5.74) is 6.29. The normalized spacial score (nSPS) is 11.1. The molecule has 0 saturated carbocycles. The van der Waals surface area contributed by atoms with Gasteiger partial charge in [0.1, 0.15) is 5.76 Å². The summed E-state index contributed by atoms with van der Waals surface area (Å²) in [5, 5.41) is 0.675. The van der Waals surface area contributed by atoms with Gasteiger partial charge in [0.2, 0.25) is 0 Å². The van der Waals surface area contributed by atoms with Crippen LogP contribution in [0, 0.1) is 13.8 Å². The zero-order valence-electron chi connectivity index (χ0n) is 18.6. The van der Waals surface area contributed by atoms with Gasteiger partial charge in [0.15, 0.2) is 5.13 Å². The summed E-state index contributed by atoms with van der Waals surface area (Å²) in [6.45, 7) is 4.47. The maximum Gasteiger partial charge on any atom is 0.260 e. The van der Waals surface area contributed by atoms with Crippen LogP contribution in [-0.2, 0) is 13.0 Å². The van der Waals surface area contributed by atoms with E-state index in [1.807, 2.05) is 54.6 Å². The quantitative estimate of drug-likeness (QED) is 0.280. The predicted octanol–water partition coefficient (Wildman–Crippen LogP) is 6.94. The zero-order chi connectivity index (χ0) is 22.8. The number of aryl methyl sites for hydroxylation is 2. The van der Waals surface area contributed by atoms with E-state index < -0.39 is 0 Å². The molecule has 0 aliphatic rings. The van der Waals surface area contributed by atoms with Crippen LogP contribution in [0.1, 0.15) is 38.4 Å². The fraction of sp³-hybridized carbons (Fsp3) is 0.143. The molecule has 164 valence electrons. The average Bonchev–Trinajstić information content (AvgIpc) is 3.48. The molecule has 5 rings (SSSR count). The first-order chi connectivity index (χ1) is 16.1. The first-order valence-corrected chi connectivity index (χ1v) is 11.7. The maximum absolute atomic E-state index is 13.6. The molecular weight excluding hydrogens is 428 g/mol. The number of furan rings is 1. The minimum atomic E-state index is -0.0916. The lowest BCUT2D eigenvalue weighted by atomic mass is 10.0. The number of thiazole rings is 1. The van der Waals surface area contributed by atoms with E-state index in [-0.39, 0.29) is 5.91 Å². The lowest BCUT2D eigenvalue weighted by Crippen LogP contribution is -2.30. The highest BCUT2D eigenvalue weighted by molar-refractivity contribution is 7.22. The van der Waals surface area contributed by atoms with Gasteiger partial charge in [0, 0.05) is 5.56 Å². The van der Waals surface area contributed by atoms with E-state index in [1.54, 1.807) is 11.2 Å². The largest absolute Gasteiger partial charge is 0.467 e. The third kappa shape index (κ3) is 4.59. The predicted molar refractivity (Wildman–Crippen MR) is 134 cm³/mol. The summed E-state index contributed by atoms with van der Waals surface area (Å²) >= 11 is 1.54. The lowest BCUT2D eigenvalue weighted by Gasteiger charge is -2.19. The molecule has 2 aromatic heterocycles. The summed E-state index contributed by atoms with van der Waals surface area (Å²) in [5.74, 6) is 0.627. The molecule has 2 heterocycles. The van der Waals surface area contributed by atoms with Gasteiger partial charge in [0.05, 0.1) is 23.0 Å². The summed E-state index contributed by atoms with van der Waals surface area (Å²) in [6, 6.07) is 26.1. The SMILES string of the molecule is Cc1cc(C)c2nc(N(Cc3ccco3)C(=O)c3ccc(Cc4ccccc4)cc3)sc2c1. The Kier molecular flexibility index (Phi) is 5.80. The van der Waals surface area contributed by atoms with Crippen LogP contribution in [0.2, 0.25) is 0 Å². The van der Waals surface area contributed by atoms with Crippen molar-refractivity contribution < 1.29 is 9.21 Å². The highest BCUT2D eigenvalue weighted by atomic mass is 32.1. The molecule has 0 fully saturated rings. The van der Waals surface area contributed by atoms with Crippen molar-refractivity contribution in [1.29, 1.82) is 0 Å². The fourth-order valence-corrected chi connectivity index (χ4v) is 5.15. The number of benzene rings is 3. The second-order valence-corrected chi connectivity index (χ2v) is 9.26. The first-order valence-electron chi connectivity index (χ1n) is 10.9. The molecule has 0 atom stereocenters. The summed E-state index contributed by atoms with van der Waals surface area (Å²) in [6.07, 6.45) is 2.46. The number of amides is 1. The van der Waals surface area contributed by atoms with Crippen molar-refractivity contribution in [2.75, 3.05) is 4.90 Å². The molecule has 5 heteroatoms. The number of nitrogens with zero attached hydrogens (tertiary/aromatic N) is 2. The van der Waals surface area contributed by atoms with Gasteiger partial charge in [-0.05, 0) is 72.9 Å². The molecule has 5 aromatic rings. The van der Waals surface area contributed by atoms with Gasteiger partial charge >= 0.3 is 0 Å². The van der Waals surface area contributed by atoms with Crippen LogP contribution in [0.15, 0.2) is 89.5 Å². The van der Waals surface area contributed by atoms with E-state index in [4.69, 9.17) is 9.40 Å². The Balaban J connectivity index is 1.46. The Hall–Kier alpha value is -3.70. The van der Waals surface area contributed by atoms with Gasteiger partial charge in [0.25, 0.3) is 5.91 Å². The fourth-order valence-electron chi connectivity index (χ4n) is 4.01. The molecule has 0 spiro atoms. The molecular formula is C28H24N2O2S. The molecule has 0 aliphatic carbocycles. The van der Waals surface area contributed by atoms with Crippen LogP contribution in [0.4, 0.5) is 5.13 Å². The Morgan fingerprint density at radius 3 is 2.42 bits per heavy atom. The van der Waals surface area contributed by atoms with Crippen molar-refractivity contribution in [2.45, 2.75) is 26.8 Å². The third-order valence-corrected chi connectivity index (χ3v) is 6.67. The van der Waals surface area contributed by atoms with Crippen molar-refractivity contribution in [3.05, 3.63) is 119 Å². The van der Waals surface area contributed by atoms with Crippen molar-refractivity contribution in [1.82, 2.24) is 4.98 Å². The number of carbonyl (C=O) groups is 1. The molecule has 0 bridgehead atoms. The standard InChI is InChI=1S/C28H24N2O2S/c1-19-15-20(2)26-25(16-19)33-28(29-26)30(18-24-9-6-14-32-24)27(31)23-12-10-22(11-13-23)17-21-7-4-3-5-8-21/h3-16H,17-18H2,1-2H3. The summed E-state index contributed by atoms with van der Waals surface area (Å²) in [7, 11) is 0. The number of fused-ring (bicyclic) bond motifs is 1.